The van der Waals surface area contributed by atoms with Crippen LogP contribution in [0.1, 0.15) is 44.2 Å². The Kier molecular flexibility index (Phi) is 7.88. The van der Waals surface area contributed by atoms with Crippen molar-refractivity contribution in [2.24, 2.45) is 0 Å². The summed E-state index contributed by atoms with van der Waals surface area (Å²) in [4.78, 5) is 26.7. The largest absolute Gasteiger partial charge is 0.490 e. The van der Waals surface area contributed by atoms with Gasteiger partial charge in [-0.1, -0.05) is 24.3 Å². The molecule has 0 fully saturated rings. The standard InChI is InChI=1S/C24H27N3O4/c1-18(19-9-10-21-22(17-19)31-16-6-15-30-21)26-23(28)11-12-24(29)27(14-5-13-25)20-7-3-2-4-8-20/h2-4,7-10,17-18H,5-6,11-12,14-16H2,1H3,(H,26,28). The Labute approximate surface area is 182 Å². The smallest absolute Gasteiger partial charge is 0.227 e. The van der Waals surface area contributed by atoms with Crippen molar-refractivity contribution in [1.82, 2.24) is 5.32 Å². The third-order valence-electron chi connectivity index (χ3n) is 5.03. The maximum absolute atomic E-state index is 12.7. The molecule has 1 aliphatic heterocycles. The summed E-state index contributed by atoms with van der Waals surface area (Å²) in [6.07, 6.45) is 1.20. The van der Waals surface area contributed by atoms with Crippen LogP contribution in [0.4, 0.5) is 5.69 Å². The molecule has 1 atom stereocenters. The van der Waals surface area contributed by atoms with Crippen LogP contribution in [0, 0.1) is 11.3 Å². The first-order valence-corrected chi connectivity index (χ1v) is 10.5. The van der Waals surface area contributed by atoms with Gasteiger partial charge in [0.15, 0.2) is 11.5 Å². The van der Waals surface area contributed by atoms with Gasteiger partial charge in [-0.15, -0.1) is 0 Å². The van der Waals surface area contributed by atoms with Crippen molar-refractivity contribution in [2.45, 2.75) is 38.6 Å². The van der Waals surface area contributed by atoms with Crippen molar-refractivity contribution >= 4 is 17.5 Å². The molecule has 0 saturated carbocycles. The molecule has 1 N–H and O–H groups in total. The van der Waals surface area contributed by atoms with E-state index in [2.05, 4.69) is 11.4 Å². The van der Waals surface area contributed by atoms with Crippen LogP contribution in [0.25, 0.3) is 0 Å². The Morgan fingerprint density at radius 2 is 1.84 bits per heavy atom. The summed E-state index contributed by atoms with van der Waals surface area (Å²) in [6.45, 7) is 3.42. The number of anilines is 1. The minimum Gasteiger partial charge on any atom is -0.490 e. The molecular weight excluding hydrogens is 394 g/mol. The zero-order valence-corrected chi connectivity index (χ0v) is 17.7. The number of amides is 2. The molecule has 0 bridgehead atoms. The van der Waals surface area contributed by atoms with E-state index in [1.807, 2.05) is 55.5 Å². The molecule has 3 rings (SSSR count). The van der Waals surface area contributed by atoms with Crippen molar-refractivity contribution in [3.8, 4) is 17.6 Å². The number of nitrogens with one attached hydrogen (secondary N) is 1. The van der Waals surface area contributed by atoms with Crippen molar-refractivity contribution in [1.29, 1.82) is 5.26 Å². The lowest BCUT2D eigenvalue weighted by molar-refractivity contribution is -0.125. The summed E-state index contributed by atoms with van der Waals surface area (Å²) < 4.78 is 11.4. The lowest BCUT2D eigenvalue weighted by atomic mass is 10.1. The van der Waals surface area contributed by atoms with E-state index in [-0.39, 0.29) is 37.1 Å². The Balaban J connectivity index is 1.55. The fraction of sp³-hybridized carbons (Fsp3) is 0.375. The van der Waals surface area contributed by atoms with Gasteiger partial charge in [-0.3, -0.25) is 9.59 Å². The number of rotatable bonds is 8. The maximum Gasteiger partial charge on any atom is 0.227 e. The molecule has 7 heteroatoms. The predicted molar refractivity (Wildman–Crippen MR) is 117 cm³/mol. The van der Waals surface area contributed by atoms with Crippen LogP contribution < -0.4 is 19.7 Å². The van der Waals surface area contributed by atoms with Gasteiger partial charge < -0.3 is 19.7 Å². The quantitative estimate of drug-likeness (QED) is 0.701. The molecule has 2 aromatic carbocycles. The number of ether oxygens (including phenoxy) is 2. The number of carbonyl (C=O) groups excluding carboxylic acids is 2. The summed E-state index contributed by atoms with van der Waals surface area (Å²) in [5.41, 5.74) is 1.63. The first-order chi connectivity index (χ1) is 15.1. The maximum atomic E-state index is 12.7. The minimum absolute atomic E-state index is 0.0695. The second-order valence-electron chi connectivity index (χ2n) is 7.33. The Bertz CT molecular complexity index is 940. The number of carbonyl (C=O) groups is 2. The van der Waals surface area contributed by atoms with E-state index in [4.69, 9.17) is 14.7 Å². The highest BCUT2D eigenvalue weighted by atomic mass is 16.5. The molecule has 31 heavy (non-hydrogen) atoms. The van der Waals surface area contributed by atoms with Crippen LogP contribution in [-0.4, -0.2) is 31.6 Å². The Morgan fingerprint density at radius 3 is 2.58 bits per heavy atom. The molecule has 0 radical (unpaired) electrons. The van der Waals surface area contributed by atoms with Crippen LogP contribution >= 0.6 is 0 Å². The van der Waals surface area contributed by atoms with E-state index in [0.717, 1.165) is 17.7 Å². The third-order valence-corrected chi connectivity index (χ3v) is 5.03. The molecule has 162 valence electrons. The summed E-state index contributed by atoms with van der Waals surface area (Å²) in [7, 11) is 0. The monoisotopic (exact) mass is 421 g/mol. The number of nitriles is 1. The van der Waals surface area contributed by atoms with Crippen molar-refractivity contribution in [3.63, 3.8) is 0 Å². The van der Waals surface area contributed by atoms with Gasteiger partial charge in [-0.25, -0.2) is 0 Å². The summed E-state index contributed by atoms with van der Waals surface area (Å²) in [5, 5.41) is 11.8. The van der Waals surface area contributed by atoms with E-state index in [0.29, 0.717) is 31.3 Å². The predicted octanol–water partition coefficient (Wildman–Crippen LogP) is 3.75. The number of para-hydroxylation sites is 1. The molecule has 2 aromatic rings. The highest BCUT2D eigenvalue weighted by Gasteiger charge is 2.19. The molecule has 7 nitrogen and oxygen atoms in total. The fourth-order valence-electron chi connectivity index (χ4n) is 3.37. The minimum atomic E-state index is -0.233. The number of hydrogen-bond donors (Lipinski definition) is 1. The molecule has 0 aliphatic carbocycles. The average Bonchev–Trinajstić information content (AvgIpc) is 3.03. The summed E-state index contributed by atoms with van der Waals surface area (Å²) >= 11 is 0. The molecule has 2 amide bonds. The topological polar surface area (TPSA) is 91.7 Å². The average molecular weight is 421 g/mol. The van der Waals surface area contributed by atoms with E-state index in [1.165, 1.54) is 0 Å². The van der Waals surface area contributed by atoms with Gasteiger partial charge >= 0.3 is 0 Å². The molecule has 0 spiro atoms. The van der Waals surface area contributed by atoms with E-state index in [1.54, 1.807) is 4.90 Å². The van der Waals surface area contributed by atoms with E-state index in [9.17, 15) is 9.59 Å². The van der Waals surface area contributed by atoms with Crippen LogP contribution in [0.5, 0.6) is 11.5 Å². The second kappa shape index (κ2) is 11.0. The zero-order valence-electron chi connectivity index (χ0n) is 17.7. The van der Waals surface area contributed by atoms with Gasteiger partial charge in [-0.2, -0.15) is 5.26 Å². The molecule has 1 unspecified atom stereocenters. The first kappa shape index (κ1) is 22.2. The number of nitrogens with zero attached hydrogens (tertiary/aromatic N) is 2. The van der Waals surface area contributed by atoms with Gasteiger partial charge in [-0.05, 0) is 36.8 Å². The van der Waals surface area contributed by atoms with Crippen molar-refractivity contribution in [3.05, 3.63) is 54.1 Å². The molecule has 0 saturated heterocycles. The first-order valence-electron chi connectivity index (χ1n) is 10.5. The van der Waals surface area contributed by atoms with E-state index < -0.39 is 0 Å². The second-order valence-corrected chi connectivity index (χ2v) is 7.33. The van der Waals surface area contributed by atoms with Crippen molar-refractivity contribution < 1.29 is 19.1 Å². The Hall–Kier alpha value is -3.53. The number of hydrogen-bond acceptors (Lipinski definition) is 5. The van der Waals surface area contributed by atoms with Gasteiger partial charge in [0.25, 0.3) is 0 Å². The van der Waals surface area contributed by atoms with E-state index >= 15 is 0 Å². The SMILES string of the molecule is CC(NC(=O)CCC(=O)N(CCC#N)c1ccccc1)c1ccc2c(c1)OCCCO2. The zero-order chi connectivity index (χ0) is 22.1. The molecule has 1 heterocycles. The van der Waals surface area contributed by atoms with Crippen LogP contribution in [0.15, 0.2) is 48.5 Å². The molecule has 0 aromatic heterocycles. The third kappa shape index (κ3) is 6.22. The van der Waals surface area contributed by atoms with Crippen molar-refractivity contribution in [2.75, 3.05) is 24.7 Å². The lowest BCUT2D eigenvalue weighted by Crippen LogP contribution is -2.33. The summed E-state index contributed by atoms with van der Waals surface area (Å²) in [6, 6.07) is 16.7. The highest BCUT2D eigenvalue weighted by Crippen LogP contribution is 2.32. The van der Waals surface area contributed by atoms with Gasteiger partial charge in [0.05, 0.1) is 31.7 Å². The lowest BCUT2D eigenvalue weighted by Gasteiger charge is -2.22. The van der Waals surface area contributed by atoms with Gasteiger partial charge in [0.2, 0.25) is 11.8 Å². The van der Waals surface area contributed by atoms with Gasteiger partial charge in [0, 0.05) is 31.5 Å². The van der Waals surface area contributed by atoms with Gasteiger partial charge in [0.1, 0.15) is 0 Å². The fourth-order valence-corrected chi connectivity index (χ4v) is 3.37. The van der Waals surface area contributed by atoms with Crippen LogP contribution in [0.2, 0.25) is 0 Å². The Morgan fingerprint density at radius 1 is 1.10 bits per heavy atom. The number of benzene rings is 2. The molecule has 1 aliphatic rings. The summed E-state index contributed by atoms with van der Waals surface area (Å²) in [5.74, 6) is 1.01. The number of fused-ring (bicyclic) bond motifs is 1. The normalized spacial score (nSPS) is 13.4. The molecular formula is C24H27N3O4. The van der Waals surface area contributed by atoms with Crippen LogP contribution in [-0.2, 0) is 9.59 Å². The highest BCUT2D eigenvalue weighted by molar-refractivity contribution is 5.95. The van der Waals surface area contributed by atoms with Crippen LogP contribution in [0.3, 0.4) is 0 Å².